The third-order valence-corrected chi connectivity index (χ3v) is 1.67. The van der Waals surface area contributed by atoms with Crippen molar-refractivity contribution in [2.45, 2.75) is 13.8 Å². The largest absolute Gasteiger partial charge is 0.352 e. The van der Waals surface area contributed by atoms with Crippen LogP contribution in [0.2, 0.25) is 0 Å². The minimum Gasteiger partial charge on any atom is -0.352 e. The number of benzene rings is 1. The Hall–Kier alpha value is -1.51. The predicted molar refractivity (Wildman–Crippen MR) is 54.6 cm³/mol. The lowest BCUT2D eigenvalue weighted by molar-refractivity contribution is 0.251. The summed E-state index contributed by atoms with van der Waals surface area (Å²) < 4.78 is 0. The molecule has 72 valence electrons. The molecule has 3 N–H and O–H groups in total. The Morgan fingerprint density at radius 3 is 1.69 bits per heavy atom. The zero-order valence-corrected chi connectivity index (χ0v) is 8.29. The molecule has 0 aliphatic rings. The molecule has 0 aliphatic heterocycles. The van der Waals surface area contributed by atoms with Gasteiger partial charge in [0.2, 0.25) is 0 Å². The van der Waals surface area contributed by atoms with Gasteiger partial charge in [-0.3, -0.25) is 0 Å². The highest BCUT2D eigenvalue weighted by Gasteiger charge is 1.83. The van der Waals surface area contributed by atoms with E-state index in [1.54, 1.807) is 0 Å². The second-order valence-corrected chi connectivity index (χ2v) is 2.70. The smallest absolute Gasteiger partial charge is 0.311 e. The number of nitrogens with one attached hydrogen (secondary N) is 1. The molecule has 1 aromatic carbocycles. The van der Waals surface area contributed by atoms with E-state index in [1.807, 2.05) is 0 Å². The lowest BCUT2D eigenvalue weighted by Gasteiger charge is -1.93. The predicted octanol–water partition coefficient (Wildman–Crippen LogP) is 1.59. The number of urea groups is 1. The zero-order chi connectivity index (χ0) is 10.3. The van der Waals surface area contributed by atoms with Gasteiger partial charge in [-0.15, -0.1) is 0 Å². The van der Waals surface area contributed by atoms with E-state index in [9.17, 15) is 4.79 Å². The molecule has 2 amide bonds. The summed E-state index contributed by atoms with van der Waals surface area (Å²) in [6, 6.07) is 7.86. The first kappa shape index (κ1) is 11.5. The van der Waals surface area contributed by atoms with Gasteiger partial charge >= 0.3 is 6.03 Å². The molecule has 0 unspecified atom stereocenters. The Kier molecular flexibility index (Phi) is 5.35. The van der Waals surface area contributed by atoms with Crippen molar-refractivity contribution in [2.75, 3.05) is 7.05 Å². The van der Waals surface area contributed by atoms with Crippen LogP contribution in [0.3, 0.4) is 0 Å². The Labute approximate surface area is 78.9 Å². The first-order valence-electron chi connectivity index (χ1n) is 4.07. The van der Waals surface area contributed by atoms with Crippen LogP contribution in [0.1, 0.15) is 11.1 Å². The lowest BCUT2D eigenvalue weighted by Crippen LogP contribution is -2.24. The molecule has 0 radical (unpaired) electrons. The Bertz CT molecular complexity index is 250. The maximum absolute atomic E-state index is 9.48. The van der Waals surface area contributed by atoms with Gasteiger partial charge in [0, 0.05) is 7.05 Å². The van der Waals surface area contributed by atoms with Gasteiger partial charge in [0.05, 0.1) is 0 Å². The van der Waals surface area contributed by atoms with Gasteiger partial charge in [0.15, 0.2) is 0 Å². The quantitative estimate of drug-likeness (QED) is 0.626. The first-order chi connectivity index (χ1) is 6.07. The summed E-state index contributed by atoms with van der Waals surface area (Å²) in [4.78, 5) is 9.48. The lowest BCUT2D eigenvalue weighted by atomic mass is 10.1. The second-order valence-electron chi connectivity index (χ2n) is 2.70. The fourth-order valence-corrected chi connectivity index (χ4v) is 0.663. The summed E-state index contributed by atoms with van der Waals surface area (Å²) in [6.07, 6.45) is 0. The molecule has 0 heterocycles. The molecule has 0 bridgehead atoms. The number of hydrogen-bond donors (Lipinski definition) is 2. The van der Waals surface area contributed by atoms with Gasteiger partial charge in [-0.05, 0) is 25.0 Å². The van der Waals surface area contributed by atoms with E-state index in [-0.39, 0.29) is 0 Å². The molecule has 0 saturated carbocycles. The van der Waals surface area contributed by atoms with Crippen LogP contribution < -0.4 is 11.1 Å². The molecular formula is C10H16N2O. The minimum atomic E-state index is -0.495. The third-order valence-electron chi connectivity index (χ3n) is 1.67. The number of nitrogens with two attached hydrogens (primary N) is 1. The monoisotopic (exact) mass is 180 g/mol. The van der Waals surface area contributed by atoms with Crippen molar-refractivity contribution in [3.8, 4) is 0 Å². The van der Waals surface area contributed by atoms with Crippen LogP contribution >= 0.6 is 0 Å². The average molecular weight is 180 g/mol. The van der Waals surface area contributed by atoms with Gasteiger partial charge in [0.25, 0.3) is 0 Å². The summed E-state index contributed by atoms with van der Waals surface area (Å²) in [7, 11) is 1.47. The maximum atomic E-state index is 9.48. The SMILES string of the molecule is CNC(N)=O.Cc1ccccc1C. The highest BCUT2D eigenvalue weighted by molar-refractivity contribution is 5.71. The van der Waals surface area contributed by atoms with E-state index in [4.69, 9.17) is 0 Å². The summed E-state index contributed by atoms with van der Waals surface area (Å²) in [6.45, 7) is 4.24. The van der Waals surface area contributed by atoms with E-state index >= 15 is 0 Å². The van der Waals surface area contributed by atoms with Gasteiger partial charge in [-0.25, -0.2) is 4.79 Å². The topological polar surface area (TPSA) is 55.1 Å². The van der Waals surface area contributed by atoms with Crippen LogP contribution in [-0.2, 0) is 0 Å². The molecule has 0 spiro atoms. The number of carbonyl (C=O) groups excluding carboxylic acids is 1. The van der Waals surface area contributed by atoms with Crippen molar-refractivity contribution in [3.63, 3.8) is 0 Å². The van der Waals surface area contributed by atoms with Gasteiger partial charge in [-0.2, -0.15) is 0 Å². The molecule has 3 nitrogen and oxygen atoms in total. The first-order valence-corrected chi connectivity index (χ1v) is 4.07. The molecule has 0 atom stereocenters. The van der Waals surface area contributed by atoms with Crippen molar-refractivity contribution >= 4 is 6.03 Å². The zero-order valence-electron chi connectivity index (χ0n) is 8.29. The maximum Gasteiger partial charge on any atom is 0.311 e. The summed E-state index contributed by atoms with van der Waals surface area (Å²) in [5, 5.41) is 2.17. The molecule has 13 heavy (non-hydrogen) atoms. The van der Waals surface area contributed by atoms with Crippen molar-refractivity contribution < 1.29 is 4.79 Å². The van der Waals surface area contributed by atoms with Crippen LogP contribution in [0.4, 0.5) is 4.79 Å². The van der Waals surface area contributed by atoms with E-state index in [1.165, 1.54) is 18.2 Å². The molecule has 0 saturated heterocycles. The Balaban J connectivity index is 0.000000252. The highest BCUT2D eigenvalue weighted by Crippen LogP contribution is 2.02. The molecule has 1 rings (SSSR count). The number of carbonyl (C=O) groups is 1. The van der Waals surface area contributed by atoms with E-state index in [0.29, 0.717) is 0 Å². The molecular weight excluding hydrogens is 164 g/mol. The Morgan fingerprint density at radius 2 is 1.54 bits per heavy atom. The van der Waals surface area contributed by atoms with Gasteiger partial charge < -0.3 is 11.1 Å². The van der Waals surface area contributed by atoms with Crippen LogP contribution in [0.15, 0.2) is 24.3 Å². The molecule has 1 aromatic rings. The molecule has 3 heteroatoms. The van der Waals surface area contributed by atoms with E-state index < -0.39 is 6.03 Å². The van der Waals surface area contributed by atoms with Crippen LogP contribution in [0.5, 0.6) is 0 Å². The Morgan fingerprint density at radius 1 is 1.23 bits per heavy atom. The number of rotatable bonds is 0. The number of primary amides is 1. The molecule has 0 fully saturated rings. The summed E-state index contributed by atoms with van der Waals surface area (Å²) in [5.74, 6) is 0. The highest BCUT2D eigenvalue weighted by atomic mass is 16.2. The van der Waals surface area contributed by atoms with E-state index in [0.717, 1.165) is 0 Å². The molecule has 0 aromatic heterocycles. The van der Waals surface area contributed by atoms with Crippen LogP contribution in [-0.4, -0.2) is 13.1 Å². The number of amides is 2. The van der Waals surface area contributed by atoms with Crippen LogP contribution in [0.25, 0.3) is 0 Å². The van der Waals surface area contributed by atoms with Gasteiger partial charge in [-0.1, -0.05) is 24.3 Å². The average Bonchev–Trinajstić information content (AvgIpc) is 2.11. The van der Waals surface area contributed by atoms with Gasteiger partial charge in [0.1, 0.15) is 0 Å². The summed E-state index contributed by atoms with van der Waals surface area (Å²) >= 11 is 0. The summed E-state index contributed by atoms with van der Waals surface area (Å²) in [5.41, 5.74) is 7.28. The number of aryl methyl sites for hydroxylation is 2. The molecule has 0 aliphatic carbocycles. The van der Waals surface area contributed by atoms with Crippen molar-refractivity contribution in [1.82, 2.24) is 5.32 Å². The third kappa shape index (κ3) is 5.73. The standard InChI is InChI=1S/C8H10.C2H6N2O/c1-7-5-3-4-6-8(7)2;1-4-2(3)5/h3-6H,1-2H3;1H3,(H3,3,4,5). The minimum absolute atomic E-state index is 0.495. The van der Waals surface area contributed by atoms with E-state index in [2.05, 4.69) is 49.2 Å². The normalized spacial score (nSPS) is 8.23. The van der Waals surface area contributed by atoms with Crippen molar-refractivity contribution in [3.05, 3.63) is 35.4 Å². The van der Waals surface area contributed by atoms with Crippen LogP contribution in [0, 0.1) is 13.8 Å². The fraction of sp³-hybridized carbons (Fsp3) is 0.300. The van der Waals surface area contributed by atoms with Crippen molar-refractivity contribution in [1.29, 1.82) is 0 Å². The fourth-order valence-electron chi connectivity index (χ4n) is 0.663. The van der Waals surface area contributed by atoms with Crippen molar-refractivity contribution in [2.24, 2.45) is 5.73 Å². The second kappa shape index (κ2) is 6.06. The number of hydrogen-bond acceptors (Lipinski definition) is 1.